The van der Waals surface area contributed by atoms with E-state index < -0.39 is 35.7 Å². The monoisotopic (exact) mass is 454 g/mol. The molecular weight excluding hydrogens is 420 g/mol. The summed E-state index contributed by atoms with van der Waals surface area (Å²) < 4.78 is 10.8. The van der Waals surface area contributed by atoms with E-state index in [4.69, 9.17) is 9.47 Å². The van der Waals surface area contributed by atoms with Gasteiger partial charge in [-0.3, -0.25) is 4.79 Å². The van der Waals surface area contributed by atoms with E-state index in [1.165, 1.54) is 0 Å². The van der Waals surface area contributed by atoms with E-state index in [0.717, 1.165) is 11.1 Å². The minimum atomic E-state index is -0.926. The second kappa shape index (κ2) is 12.0. The van der Waals surface area contributed by atoms with Gasteiger partial charge in [-0.1, -0.05) is 74.5 Å². The molecule has 0 aromatic heterocycles. The van der Waals surface area contributed by atoms with Crippen molar-refractivity contribution in [1.82, 2.24) is 10.6 Å². The summed E-state index contributed by atoms with van der Waals surface area (Å²) in [6, 6.07) is 16.9. The number of hydrogen-bond acceptors (Lipinski definition) is 5. The molecule has 33 heavy (non-hydrogen) atoms. The second-order valence-corrected chi connectivity index (χ2v) is 9.21. The third-order valence-electron chi connectivity index (χ3n) is 4.73. The second-order valence-electron chi connectivity index (χ2n) is 9.21. The Morgan fingerprint density at radius 3 is 1.91 bits per heavy atom. The van der Waals surface area contributed by atoms with Crippen LogP contribution in [0.4, 0.5) is 4.79 Å². The number of ether oxygens (including phenoxy) is 2. The summed E-state index contributed by atoms with van der Waals surface area (Å²) in [7, 11) is 0. The maximum atomic E-state index is 13.2. The fourth-order valence-corrected chi connectivity index (χ4v) is 3.08. The number of esters is 1. The molecule has 2 aromatic carbocycles. The quantitative estimate of drug-likeness (QED) is 0.559. The van der Waals surface area contributed by atoms with Crippen LogP contribution in [0.1, 0.15) is 45.7 Å². The van der Waals surface area contributed by atoms with Crippen LogP contribution in [0.25, 0.3) is 0 Å². The first-order valence-corrected chi connectivity index (χ1v) is 11.1. The molecule has 0 aliphatic carbocycles. The standard InChI is InChI=1S/C26H34N2O5/c1-18(2)22(24(30)32-17-20-14-10-7-11-15-20)28-23(29)21(16-19-12-8-6-9-13-19)27-25(31)33-26(3,4)5/h6-15,18,21-22H,16-17H2,1-5H3,(H,27,31)(H,28,29)/t21-,22+/m0/s1. The van der Waals surface area contributed by atoms with Crippen LogP contribution in [-0.2, 0) is 32.1 Å². The minimum Gasteiger partial charge on any atom is -0.459 e. The number of hydrogen-bond donors (Lipinski definition) is 2. The molecule has 0 radical (unpaired) electrons. The van der Waals surface area contributed by atoms with Gasteiger partial charge in [0.2, 0.25) is 5.91 Å². The topological polar surface area (TPSA) is 93.7 Å². The smallest absolute Gasteiger partial charge is 0.408 e. The van der Waals surface area contributed by atoms with Gasteiger partial charge in [0, 0.05) is 6.42 Å². The summed E-state index contributed by atoms with van der Waals surface area (Å²) in [4.78, 5) is 38.3. The number of rotatable bonds is 9. The third kappa shape index (κ3) is 9.35. The van der Waals surface area contributed by atoms with Gasteiger partial charge in [-0.2, -0.15) is 0 Å². The van der Waals surface area contributed by atoms with Crippen LogP contribution in [-0.4, -0.2) is 35.7 Å². The van der Waals surface area contributed by atoms with Gasteiger partial charge in [-0.05, 0) is 37.8 Å². The van der Waals surface area contributed by atoms with Crippen molar-refractivity contribution < 1.29 is 23.9 Å². The number of nitrogens with one attached hydrogen (secondary N) is 2. The lowest BCUT2D eigenvalue weighted by molar-refractivity contribution is -0.150. The number of carbonyl (C=O) groups is 3. The molecule has 0 unspecified atom stereocenters. The van der Waals surface area contributed by atoms with Gasteiger partial charge in [0.05, 0.1) is 0 Å². The highest BCUT2D eigenvalue weighted by Gasteiger charge is 2.31. The fraction of sp³-hybridized carbons (Fsp3) is 0.423. The molecule has 0 aliphatic rings. The zero-order chi connectivity index (χ0) is 24.4. The predicted octanol–water partition coefficient (Wildman–Crippen LogP) is 4.01. The molecule has 7 heteroatoms. The molecule has 0 spiro atoms. The number of amides is 2. The van der Waals surface area contributed by atoms with E-state index in [1.807, 2.05) is 74.5 Å². The van der Waals surface area contributed by atoms with E-state index in [2.05, 4.69) is 10.6 Å². The Kier molecular flexibility index (Phi) is 9.45. The summed E-state index contributed by atoms with van der Waals surface area (Å²) in [6.07, 6.45) is -0.457. The van der Waals surface area contributed by atoms with Gasteiger partial charge in [0.25, 0.3) is 0 Å². The first-order chi connectivity index (χ1) is 15.5. The summed E-state index contributed by atoms with van der Waals surface area (Å²) in [5.41, 5.74) is 1.01. The Morgan fingerprint density at radius 1 is 0.848 bits per heavy atom. The molecular formula is C26H34N2O5. The van der Waals surface area contributed by atoms with Crippen LogP contribution in [0.15, 0.2) is 60.7 Å². The summed E-state index contributed by atoms with van der Waals surface area (Å²) in [5.74, 6) is -1.23. The van der Waals surface area contributed by atoms with Gasteiger partial charge in [0.1, 0.15) is 24.3 Å². The molecule has 7 nitrogen and oxygen atoms in total. The lowest BCUT2D eigenvalue weighted by Crippen LogP contribution is -2.54. The molecule has 0 heterocycles. The van der Waals surface area contributed by atoms with Gasteiger partial charge in [-0.25, -0.2) is 9.59 Å². The van der Waals surface area contributed by atoms with Crippen molar-refractivity contribution in [2.24, 2.45) is 5.92 Å². The molecule has 0 aliphatic heterocycles. The SMILES string of the molecule is CC(C)[C@@H](NC(=O)[C@H](Cc1ccccc1)NC(=O)OC(C)(C)C)C(=O)OCc1ccccc1. The largest absolute Gasteiger partial charge is 0.459 e. The third-order valence-corrected chi connectivity index (χ3v) is 4.73. The van der Waals surface area contributed by atoms with E-state index >= 15 is 0 Å². The predicted molar refractivity (Wildman–Crippen MR) is 126 cm³/mol. The van der Waals surface area contributed by atoms with Crippen LogP contribution in [0.3, 0.4) is 0 Å². The van der Waals surface area contributed by atoms with Crippen molar-refractivity contribution >= 4 is 18.0 Å². The van der Waals surface area contributed by atoms with E-state index in [0.29, 0.717) is 0 Å². The van der Waals surface area contributed by atoms with Crippen molar-refractivity contribution in [3.63, 3.8) is 0 Å². The molecule has 178 valence electrons. The van der Waals surface area contributed by atoms with Crippen molar-refractivity contribution in [2.75, 3.05) is 0 Å². The van der Waals surface area contributed by atoms with E-state index in [9.17, 15) is 14.4 Å². The highest BCUT2D eigenvalue weighted by Crippen LogP contribution is 2.11. The van der Waals surface area contributed by atoms with Crippen molar-refractivity contribution in [3.8, 4) is 0 Å². The summed E-state index contributed by atoms with van der Waals surface area (Å²) >= 11 is 0. The first-order valence-electron chi connectivity index (χ1n) is 11.1. The lowest BCUT2D eigenvalue weighted by atomic mass is 10.0. The maximum absolute atomic E-state index is 13.2. The van der Waals surface area contributed by atoms with Crippen molar-refractivity contribution in [3.05, 3.63) is 71.8 Å². The average Bonchev–Trinajstić information content (AvgIpc) is 2.75. The fourth-order valence-electron chi connectivity index (χ4n) is 3.08. The Morgan fingerprint density at radius 2 is 1.39 bits per heavy atom. The molecule has 2 rings (SSSR count). The molecule has 2 atom stereocenters. The minimum absolute atomic E-state index is 0.113. The molecule has 0 saturated heterocycles. The zero-order valence-corrected chi connectivity index (χ0v) is 20.0. The highest BCUT2D eigenvalue weighted by atomic mass is 16.6. The maximum Gasteiger partial charge on any atom is 0.408 e. The van der Waals surface area contributed by atoms with Gasteiger partial charge < -0.3 is 20.1 Å². The number of benzene rings is 2. The van der Waals surface area contributed by atoms with Gasteiger partial charge in [-0.15, -0.1) is 0 Å². The summed E-state index contributed by atoms with van der Waals surface area (Å²) in [6.45, 7) is 9.00. The van der Waals surface area contributed by atoms with Gasteiger partial charge >= 0.3 is 12.1 Å². The van der Waals surface area contributed by atoms with Crippen LogP contribution in [0.5, 0.6) is 0 Å². The molecule has 0 fully saturated rings. The van der Waals surface area contributed by atoms with Crippen LogP contribution in [0.2, 0.25) is 0 Å². The first kappa shape index (κ1) is 25.9. The molecule has 2 N–H and O–H groups in total. The van der Waals surface area contributed by atoms with E-state index in [1.54, 1.807) is 20.8 Å². The van der Waals surface area contributed by atoms with Crippen LogP contribution in [0, 0.1) is 5.92 Å². The van der Waals surface area contributed by atoms with Gasteiger partial charge in [0.15, 0.2) is 0 Å². The Balaban J connectivity index is 2.10. The molecule has 2 aromatic rings. The molecule has 0 bridgehead atoms. The van der Waals surface area contributed by atoms with Crippen LogP contribution < -0.4 is 10.6 Å². The zero-order valence-electron chi connectivity index (χ0n) is 20.0. The number of carbonyl (C=O) groups excluding carboxylic acids is 3. The molecule has 0 saturated carbocycles. The Bertz CT molecular complexity index is 907. The van der Waals surface area contributed by atoms with Crippen molar-refractivity contribution in [2.45, 2.75) is 65.3 Å². The molecule has 2 amide bonds. The number of alkyl carbamates (subject to hydrolysis) is 1. The normalized spacial score (nSPS) is 13.0. The van der Waals surface area contributed by atoms with Crippen molar-refractivity contribution in [1.29, 1.82) is 0 Å². The average molecular weight is 455 g/mol. The Hall–Kier alpha value is -3.35. The van der Waals surface area contributed by atoms with Crippen LogP contribution >= 0.6 is 0 Å². The Labute approximate surface area is 195 Å². The van der Waals surface area contributed by atoms with E-state index in [-0.39, 0.29) is 18.9 Å². The lowest BCUT2D eigenvalue weighted by Gasteiger charge is -2.26. The highest BCUT2D eigenvalue weighted by molar-refractivity contribution is 5.90. The summed E-state index contributed by atoms with van der Waals surface area (Å²) in [5, 5.41) is 5.39.